The first-order valence-electron chi connectivity index (χ1n) is 8.03. The van der Waals surface area contributed by atoms with Crippen molar-refractivity contribution in [3.63, 3.8) is 0 Å². The number of hydrogen-bond donors (Lipinski definition) is 1. The van der Waals surface area contributed by atoms with Crippen LogP contribution in [0.3, 0.4) is 0 Å². The van der Waals surface area contributed by atoms with Gasteiger partial charge in [0.2, 0.25) is 0 Å². The topological polar surface area (TPSA) is 20.2 Å². The lowest BCUT2D eigenvalue weighted by molar-refractivity contribution is 0.517. The highest BCUT2D eigenvalue weighted by Crippen LogP contribution is 2.11. The predicted octanol–water partition coefficient (Wildman–Crippen LogP) is 5.03. The Morgan fingerprint density at radius 2 is 1.10 bits per heavy atom. The first-order chi connectivity index (χ1) is 9.91. The summed E-state index contributed by atoms with van der Waals surface area (Å²) in [6.45, 7) is 2.26. The maximum Gasteiger partial charge on any atom is 0.122 e. The average molecular weight is 272 g/mol. The van der Waals surface area contributed by atoms with Crippen LogP contribution in [0.25, 0.3) is 0 Å². The Bertz CT molecular complexity index is 375. The zero-order valence-electron chi connectivity index (χ0n) is 12.9. The molecule has 0 aliphatic heterocycles. The fourth-order valence-corrected chi connectivity index (χ4v) is 2.07. The Hall–Kier alpha value is -1.52. The SMILES string of the molecule is CCCCCCCCCCCCCC#CC#CC#CO. The van der Waals surface area contributed by atoms with Gasteiger partial charge in [-0.2, -0.15) is 0 Å². The summed E-state index contributed by atoms with van der Waals surface area (Å²) in [6.07, 6.45) is 17.6. The molecule has 0 unspecified atom stereocenters. The molecule has 0 heterocycles. The van der Waals surface area contributed by atoms with Gasteiger partial charge in [-0.1, -0.05) is 77.1 Å². The van der Waals surface area contributed by atoms with Gasteiger partial charge >= 0.3 is 0 Å². The van der Waals surface area contributed by atoms with E-state index in [1.807, 2.05) is 0 Å². The van der Waals surface area contributed by atoms with Gasteiger partial charge in [-0.15, -0.1) is 0 Å². The summed E-state index contributed by atoms with van der Waals surface area (Å²) >= 11 is 0. The molecule has 0 rings (SSSR count). The van der Waals surface area contributed by atoms with Crippen LogP contribution >= 0.6 is 0 Å². The van der Waals surface area contributed by atoms with Gasteiger partial charge in [0, 0.05) is 18.3 Å². The summed E-state index contributed by atoms with van der Waals surface area (Å²) in [5.74, 6) is 13.0. The van der Waals surface area contributed by atoms with E-state index >= 15 is 0 Å². The molecule has 1 heteroatoms. The van der Waals surface area contributed by atoms with E-state index < -0.39 is 0 Å². The number of aliphatic hydroxyl groups excluding tert-OH is 1. The first-order valence-corrected chi connectivity index (χ1v) is 8.03. The van der Waals surface area contributed by atoms with E-state index in [4.69, 9.17) is 5.11 Å². The molecule has 0 saturated carbocycles. The number of hydrogen-bond acceptors (Lipinski definition) is 1. The van der Waals surface area contributed by atoms with E-state index in [2.05, 4.69) is 36.5 Å². The van der Waals surface area contributed by atoms with E-state index in [9.17, 15) is 0 Å². The minimum atomic E-state index is 0.915. The lowest BCUT2D eigenvalue weighted by Gasteiger charge is -2.01. The van der Waals surface area contributed by atoms with E-state index in [1.165, 1.54) is 64.2 Å². The van der Waals surface area contributed by atoms with Gasteiger partial charge in [-0.05, 0) is 18.3 Å². The van der Waals surface area contributed by atoms with Crippen molar-refractivity contribution in [1.29, 1.82) is 0 Å². The predicted molar refractivity (Wildman–Crippen MR) is 86.3 cm³/mol. The largest absolute Gasteiger partial charge is 0.461 e. The molecule has 1 N–H and O–H groups in total. The molecule has 0 aromatic heterocycles. The Morgan fingerprint density at radius 3 is 1.65 bits per heavy atom. The van der Waals surface area contributed by atoms with Gasteiger partial charge in [0.1, 0.15) is 6.11 Å². The van der Waals surface area contributed by atoms with E-state index in [-0.39, 0.29) is 0 Å². The third-order valence-corrected chi connectivity index (χ3v) is 3.24. The lowest BCUT2D eigenvalue weighted by atomic mass is 10.1. The minimum Gasteiger partial charge on any atom is -0.461 e. The summed E-state index contributed by atoms with van der Waals surface area (Å²) in [7, 11) is 0. The normalized spacial score (nSPS) is 8.65. The van der Waals surface area contributed by atoms with Crippen molar-refractivity contribution in [3.05, 3.63) is 0 Å². The molecule has 0 spiro atoms. The van der Waals surface area contributed by atoms with Crippen LogP contribution < -0.4 is 0 Å². The molecule has 110 valence electrons. The maximum atomic E-state index is 8.17. The second-order valence-corrected chi connectivity index (χ2v) is 5.07. The highest BCUT2D eigenvalue weighted by Gasteiger charge is 1.92. The highest BCUT2D eigenvalue weighted by molar-refractivity contribution is 5.34. The maximum absolute atomic E-state index is 8.17. The Morgan fingerprint density at radius 1 is 0.600 bits per heavy atom. The molecular formula is C19H28O. The van der Waals surface area contributed by atoms with Crippen molar-refractivity contribution in [2.45, 2.75) is 84.0 Å². The molecule has 0 radical (unpaired) electrons. The molecular weight excluding hydrogens is 244 g/mol. The Balaban J connectivity index is 3.17. The molecule has 0 atom stereocenters. The fraction of sp³-hybridized carbons (Fsp3) is 0.684. The van der Waals surface area contributed by atoms with Crippen molar-refractivity contribution >= 4 is 0 Å². The van der Waals surface area contributed by atoms with Gasteiger partial charge in [-0.25, -0.2) is 0 Å². The zero-order chi connectivity index (χ0) is 14.7. The van der Waals surface area contributed by atoms with Crippen LogP contribution in [0.5, 0.6) is 0 Å². The number of rotatable bonds is 11. The van der Waals surface area contributed by atoms with Crippen LogP contribution in [-0.4, -0.2) is 5.11 Å². The minimum absolute atomic E-state index is 0.915. The van der Waals surface area contributed by atoms with Crippen LogP contribution in [0.2, 0.25) is 0 Å². The third kappa shape index (κ3) is 16.5. The van der Waals surface area contributed by atoms with Crippen molar-refractivity contribution < 1.29 is 5.11 Å². The number of aliphatic hydroxyl groups is 1. The Kier molecular flexibility index (Phi) is 16.2. The summed E-state index contributed by atoms with van der Waals surface area (Å²) in [6, 6.07) is 0. The number of unbranched alkanes of at least 4 members (excludes halogenated alkanes) is 11. The van der Waals surface area contributed by atoms with Crippen LogP contribution in [0.4, 0.5) is 0 Å². The van der Waals surface area contributed by atoms with Gasteiger partial charge in [0.25, 0.3) is 0 Å². The van der Waals surface area contributed by atoms with E-state index in [1.54, 1.807) is 6.11 Å². The Labute approximate surface area is 125 Å². The molecule has 0 aliphatic carbocycles. The van der Waals surface area contributed by atoms with Crippen LogP contribution in [-0.2, 0) is 0 Å². The second kappa shape index (κ2) is 17.5. The van der Waals surface area contributed by atoms with Gasteiger partial charge in [0.15, 0.2) is 0 Å². The third-order valence-electron chi connectivity index (χ3n) is 3.24. The standard InChI is InChI=1S/C19H28O/c1-2-3-4-5-6-7-8-9-10-11-12-13-14-15-16-17-18-19-20/h20H,2-13H2,1H3. The smallest absolute Gasteiger partial charge is 0.122 e. The molecule has 1 nitrogen and oxygen atoms in total. The van der Waals surface area contributed by atoms with Crippen molar-refractivity contribution in [2.75, 3.05) is 0 Å². The van der Waals surface area contributed by atoms with Crippen molar-refractivity contribution in [2.24, 2.45) is 0 Å². The molecule has 0 aliphatic rings. The van der Waals surface area contributed by atoms with Crippen LogP contribution in [0.1, 0.15) is 84.0 Å². The highest BCUT2D eigenvalue weighted by atomic mass is 16.2. The molecule has 0 aromatic rings. The zero-order valence-corrected chi connectivity index (χ0v) is 12.9. The molecule has 0 aromatic carbocycles. The van der Waals surface area contributed by atoms with E-state index in [0.717, 1.165) is 12.8 Å². The van der Waals surface area contributed by atoms with Crippen molar-refractivity contribution in [1.82, 2.24) is 0 Å². The quantitative estimate of drug-likeness (QED) is 0.413. The molecule has 20 heavy (non-hydrogen) atoms. The molecule has 0 saturated heterocycles. The second-order valence-electron chi connectivity index (χ2n) is 5.07. The molecule has 0 fully saturated rings. The summed E-state index contributed by atoms with van der Waals surface area (Å²) in [4.78, 5) is 0. The average Bonchev–Trinajstić information content (AvgIpc) is 2.47. The lowest BCUT2D eigenvalue weighted by Crippen LogP contribution is -1.82. The molecule has 0 bridgehead atoms. The van der Waals surface area contributed by atoms with Gasteiger partial charge in [0.05, 0.1) is 0 Å². The van der Waals surface area contributed by atoms with Crippen LogP contribution in [0.15, 0.2) is 0 Å². The summed E-state index contributed by atoms with van der Waals surface area (Å²) in [5, 5.41) is 8.17. The summed E-state index contributed by atoms with van der Waals surface area (Å²) < 4.78 is 0. The van der Waals surface area contributed by atoms with Crippen LogP contribution in [0, 0.1) is 35.7 Å². The molecule has 0 amide bonds. The van der Waals surface area contributed by atoms with Crippen molar-refractivity contribution in [3.8, 4) is 35.7 Å². The van der Waals surface area contributed by atoms with Gasteiger partial charge in [-0.3, -0.25) is 0 Å². The fourth-order valence-electron chi connectivity index (χ4n) is 2.07. The summed E-state index contributed by atoms with van der Waals surface area (Å²) in [5.41, 5.74) is 0. The first kappa shape index (κ1) is 18.5. The van der Waals surface area contributed by atoms with E-state index in [0.29, 0.717) is 0 Å². The monoisotopic (exact) mass is 272 g/mol. The van der Waals surface area contributed by atoms with Gasteiger partial charge < -0.3 is 5.11 Å².